The minimum atomic E-state index is -1.74. The van der Waals surface area contributed by atoms with E-state index in [9.17, 15) is 24.6 Å². The van der Waals surface area contributed by atoms with E-state index in [0.29, 0.717) is 16.9 Å². The number of hydrogen-bond acceptors (Lipinski definition) is 6. The normalized spacial score (nSPS) is 23.5. The smallest absolute Gasteiger partial charge is 0.235 e. The average Bonchev–Trinajstić information content (AvgIpc) is 2.84. The van der Waals surface area contributed by atoms with Gasteiger partial charge < -0.3 is 25.6 Å². The zero-order valence-electron chi connectivity index (χ0n) is 20.0. The maximum atomic E-state index is 13.6. The summed E-state index contributed by atoms with van der Waals surface area (Å²) in [5.41, 5.74) is -0.322. The predicted molar refractivity (Wildman–Crippen MR) is 135 cm³/mol. The molecule has 0 aromatic heterocycles. The molecule has 4 rings (SSSR count). The molecular weight excluding hydrogens is 460 g/mol. The van der Waals surface area contributed by atoms with Crippen LogP contribution in [0.25, 0.3) is 0 Å². The van der Waals surface area contributed by atoms with Crippen LogP contribution in [-0.2, 0) is 14.4 Å². The second kappa shape index (κ2) is 10.2. The Bertz CT molecular complexity index is 1260. The molecule has 1 saturated carbocycles. The van der Waals surface area contributed by atoms with Gasteiger partial charge in [0.05, 0.1) is 18.6 Å². The quantitative estimate of drug-likeness (QED) is 0.392. The maximum Gasteiger partial charge on any atom is 0.235 e. The first-order valence-corrected chi connectivity index (χ1v) is 11.5. The minimum Gasteiger partial charge on any atom is -0.504 e. The summed E-state index contributed by atoms with van der Waals surface area (Å²) in [5.74, 6) is -5.11. The van der Waals surface area contributed by atoms with Crippen LogP contribution in [0.4, 0.5) is 11.4 Å². The molecule has 1 aliphatic rings. The van der Waals surface area contributed by atoms with E-state index in [4.69, 9.17) is 4.74 Å². The van der Waals surface area contributed by atoms with Crippen molar-refractivity contribution in [2.45, 2.75) is 24.9 Å². The Hall–Kier alpha value is -4.17. The van der Waals surface area contributed by atoms with E-state index >= 15 is 0 Å². The van der Waals surface area contributed by atoms with Crippen molar-refractivity contribution in [3.8, 4) is 11.5 Å². The van der Waals surface area contributed by atoms with E-state index in [2.05, 4.69) is 10.6 Å². The van der Waals surface area contributed by atoms with E-state index in [1.165, 1.54) is 32.2 Å². The summed E-state index contributed by atoms with van der Waals surface area (Å²) >= 11 is 0. The highest BCUT2D eigenvalue weighted by Crippen LogP contribution is 2.47. The molecule has 0 saturated heterocycles. The third-order valence-corrected chi connectivity index (χ3v) is 6.50. The number of carbonyl (C=O) groups excluding carboxylic acids is 3. The highest BCUT2D eigenvalue weighted by molar-refractivity contribution is 6.10. The Morgan fingerprint density at radius 2 is 1.47 bits per heavy atom. The molecule has 8 nitrogen and oxygen atoms in total. The maximum absolute atomic E-state index is 13.6. The molecule has 0 bridgehead atoms. The number of anilines is 2. The highest BCUT2D eigenvalue weighted by atomic mass is 16.5. The van der Waals surface area contributed by atoms with Crippen LogP contribution in [0.2, 0.25) is 0 Å². The minimum absolute atomic E-state index is 0.120. The van der Waals surface area contributed by atoms with E-state index in [1.54, 1.807) is 60.7 Å². The monoisotopic (exact) mass is 488 g/mol. The molecule has 0 spiro atoms. The Morgan fingerprint density at radius 3 is 2.03 bits per heavy atom. The molecule has 1 fully saturated rings. The van der Waals surface area contributed by atoms with E-state index in [-0.39, 0.29) is 17.9 Å². The molecule has 2 amide bonds. The van der Waals surface area contributed by atoms with Crippen molar-refractivity contribution in [3.63, 3.8) is 0 Å². The van der Waals surface area contributed by atoms with Gasteiger partial charge in [-0.25, -0.2) is 0 Å². The molecule has 0 unspecified atom stereocenters. The third-order valence-electron chi connectivity index (χ3n) is 6.50. The summed E-state index contributed by atoms with van der Waals surface area (Å²) < 4.78 is 5.24. The van der Waals surface area contributed by atoms with Crippen molar-refractivity contribution in [3.05, 3.63) is 84.4 Å². The number of hydrogen-bond donors (Lipinski definition) is 4. The van der Waals surface area contributed by atoms with Gasteiger partial charge >= 0.3 is 0 Å². The largest absolute Gasteiger partial charge is 0.504 e. The zero-order chi connectivity index (χ0) is 25.9. The van der Waals surface area contributed by atoms with Crippen LogP contribution in [0.1, 0.15) is 24.8 Å². The molecule has 3 aromatic rings. The molecule has 186 valence electrons. The molecule has 0 radical (unpaired) electrons. The van der Waals surface area contributed by atoms with Gasteiger partial charge in [-0.05, 0) is 48.9 Å². The SMILES string of the molecule is COc1cc([C@@H]2[C@H](C(=O)Nc3ccccc3)C(=O)C[C@](C)(O)[C@H]2C(=O)Nc2ccccc2)ccc1O. The number of methoxy groups -OCH3 is 1. The van der Waals surface area contributed by atoms with Gasteiger partial charge in [-0.3, -0.25) is 14.4 Å². The first-order chi connectivity index (χ1) is 17.2. The van der Waals surface area contributed by atoms with Gasteiger partial charge in [-0.1, -0.05) is 42.5 Å². The third kappa shape index (κ3) is 5.08. The number of Topliss-reactive ketones (excluding diaryl/α,β-unsaturated/α-hetero) is 1. The number of aromatic hydroxyl groups is 1. The van der Waals surface area contributed by atoms with E-state index < -0.39 is 41.0 Å². The molecule has 4 N–H and O–H groups in total. The molecule has 8 heteroatoms. The fourth-order valence-electron chi connectivity index (χ4n) is 4.88. The lowest BCUT2D eigenvalue weighted by Crippen LogP contribution is -2.56. The van der Waals surface area contributed by atoms with E-state index in [1.807, 2.05) is 0 Å². The van der Waals surface area contributed by atoms with Gasteiger partial charge in [0.1, 0.15) is 11.7 Å². The van der Waals surface area contributed by atoms with E-state index in [0.717, 1.165) is 0 Å². The Kier molecular flexibility index (Phi) is 7.07. The van der Waals surface area contributed by atoms with Crippen molar-refractivity contribution in [2.24, 2.45) is 11.8 Å². The number of rotatable bonds is 6. The highest BCUT2D eigenvalue weighted by Gasteiger charge is 2.56. The van der Waals surface area contributed by atoms with Gasteiger partial charge in [0.2, 0.25) is 11.8 Å². The summed E-state index contributed by atoms with van der Waals surface area (Å²) in [6.45, 7) is 1.43. The standard InChI is InChI=1S/C28H28N2O6/c1-28(35)16-21(32)24(26(33)29-18-9-5-3-6-10-18)23(17-13-14-20(31)22(15-17)36-2)25(28)27(34)30-19-11-7-4-8-12-19/h3-15,23-25,31,35H,16H2,1-2H3,(H,29,33)(H,30,34)/t23-,24-,25-,28+/m1/s1. The number of amides is 2. The van der Waals surface area contributed by atoms with Crippen molar-refractivity contribution in [2.75, 3.05) is 17.7 Å². The van der Waals surface area contributed by atoms with Crippen LogP contribution >= 0.6 is 0 Å². The molecular formula is C28H28N2O6. The van der Waals surface area contributed by atoms with Crippen molar-refractivity contribution in [1.82, 2.24) is 0 Å². The molecule has 0 heterocycles. The Labute approximate surface area is 208 Å². The lowest BCUT2D eigenvalue weighted by atomic mass is 9.61. The lowest BCUT2D eigenvalue weighted by Gasteiger charge is -2.44. The summed E-state index contributed by atoms with van der Waals surface area (Å²) in [6, 6.07) is 21.8. The van der Waals surface area contributed by atoms with Crippen molar-refractivity contribution >= 4 is 29.0 Å². The number of phenols is 1. The van der Waals surface area contributed by atoms with Crippen LogP contribution in [0, 0.1) is 11.8 Å². The first kappa shape index (κ1) is 24.9. The number of nitrogens with one attached hydrogen (secondary N) is 2. The summed E-state index contributed by atoms with van der Waals surface area (Å²) in [4.78, 5) is 40.5. The second-order valence-corrected chi connectivity index (χ2v) is 9.12. The summed E-state index contributed by atoms with van der Waals surface area (Å²) in [5, 5.41) is 27.1. The fourth-order valence-corrected chi connectivity index (χ4v) is 4.88. The average molecular weight is 489 g/mol. The molecule has 0 aliphatic heterocycles. The van der Waals surface area contributed by atoms with Crippen LogP contribution in [0.15, 0.2) is 78.9 Å². The number of benzene rings is 3. The van der Waals surface area contributed by atoms with Gasteiger partial charge in [-0.2, -0.15) is 0 Å². The molecule has 36 heavy (non-hydrogen) atoms. The van der Waals surface area contributed by atoms with Crippen LogP contribution < -0.4 is 15.4 Å². The first-order valence-electron chi connectivity index (χ1n) is 11.5. The molecule has 1 aliphatic carbocycles. The zero-order valence-corrected chi connectivity index (χ0v) is 20.0. The lowest BCUT2D eigenvalue weighted by molar-refractivity contribution is -0.150. The van der Waals surface area contributed by atoms with Gasteiger partial charge in [0, 0.05) is 23.7 Å². The summed E-state index contributed by atoms with van der Waals surface area (Å²) in [6.07, 6.45) is -0.377. The fraction of sp³-hybridized carbons (Fsp3) is 0.250. The van der Waals surface area contributed by atoms with Crippen molar-refractivity contribution in [1.29, 1.82) is 0 Å². The van der Waals surface area contributed by atoms with Crippen LogP contribution in [0.3, 0.4) is 0 Å². The predicted octanol–water partition coefficient (Wildman–Crippen LogP) is 3.72. The number of para-hydroxylation sites is 2. The second-order valence-electron chi connectivity index (χ2n) is 9.12. The van der Waals surface area contributed by atoms with Gasteiger partial charge in [0.25, 0.3) is 0 Å². The van der Waals surface area contributed by atoms with Crippen molar-refractivity contribution < 1.29 is 29.3 Å². The Balaban J connectivity index is 1.81. The topological polar surface area (TPSA) is 125 Å². The number of ether oxygens (including phenoxy) is 1. The van der Waals surface area contributed by atoms with Crippen LogP contribution in [-0.4, -0.2) is 40.5 Å². The van der Waals surface area contributed by atoms with Gasteiger partial charge in [0.15, 0.2) is 11.5 Å². The number of carbonyl (C=O) groups is 3. The number of ketones is 1. The molecule has 4 atom stereocenters. The summed E-state index contributed by atoms with van der Waals surface area (Å²) in [7, 11) is 1.38. The molecule has 3 aromatic carbocycles. The number of aliphatic hydroxyl groups is 1. The Morgan fingerprint density at radius 1 is 0.917 bits per heavy atom. The number of phenolic OH excluding ortho intramolecular Hbond substituents is 1. The van der Waals surface area contributed by atoms with Crippen LogP contribution in [0.5, 0.6) is 11.5 Å². The van der Waals surface area contributed by atoms with Gasteiger partial charge in [-0.15, -0.1) is 0 Å².